The molecule has 0 amide bonds. The summed E-state index contributed by atoms with van der Waals surface area (Å²) < 4.78 is 32.4. The number of benzene rings is 2. The molecule has 1 atom stereocenters. The van der Waals surface area contributed by atoms with Crippen LogP contribution in [-0.2, 0) is 9.84 Å². The molecule has 1 unspecified atom stereocenters. The van der Waals surface area contributed by atoms with Gasteiger partial charge in [-0.15, -0.1) is 0 Å². The first-order valence-corrected chi connectivity index (χ1v) is 11.0. The Hall–Kier alpha value is -2.60. The van der Waals surface area contributed by atoms with E-state index in [0.29, 0.717) is 11.7 Å². The van der Waals surface area contributed by atoms with Gasteiger partial charge in [0.1, 0.15) is 10.6 Å². The highest BCUT2D eigenvalue weighted by atomic mass is 32.2. The number of ether oxygens (including phenoxy) is 1. The van der Waals surface area contributed by atoms with E-state index < -0.39 is 9.84 Å². The van der Waals surface area contributed by atoms with Crippen molar-refractivity contribution in [2.45, 2.75) is 29.6 Å². The number of rotatable bonds is 4. The molecule has 1 aliphatic rings. The Bertz CT molecular complexity index is 1100. The molecule has 1 saturated heterocycles. The van der Waals surface area contributed by atoms with E-state index in [9.17, 15) is 8.42 Å². The van der Waals surface area contributed by atoms with Crippen molar-refractivity contribution in [3.8, 4) is 5.75 Å². The van der Waals surface area contributed by atoms with Crippen molar-refractivity contribution in [2.75, 3.05) is 25.1 Å². The van der Waals surface area contributed by atoms with Crippen LogP contribution < -0.4 is 9.64 Å². The molecule has 0 aliphatic carbocycles. The fourth-order valence-corrected chi connectivity index (χ4v) is 5.36. The fraction of sp³-hybridized carbons (Fsp3) is 0.318. The lowest BCUT2D eigenvalue weighted by Crippen LogP contribution is -2.35. The Labute approximate surface area is 165 Å². The maximum Gasteiger partial charge on any atom is 0.210 e. The molecule has 4 rings (SSSR count). The number of pyridine rings is 1. The second-order valence-electron chi connectivity index (χ2n) is 7.36. The molecular weight excluding hydrogens is 372 g/mol. The number of anilines is 1. The lowest BCUT2D eigenvalue weighted by molar-refractivity contribution is 0.415. The number of fused-ring (bicyclic) bond motifs is 1. The molecule has 2 aromatic carbocycles. The van der Waals surface area contributed by atoms with E-state index in [-0.39, 0.29) is 9.79 Å². The molecule has 1 aliphatic heterocycles. The van der Waals surface area contributed by atoms with Crippen molar-refractivity contribution in [1.82, 2.24) is 4.98 Å². The summed E-state index contributed by atoms with van der Waals surface area (Å²) in [5.41, 5.74) is 1.50. The number of aromatic nitrogens is 1. The minimum absolute atomic E-state index is 0.258. The predicted octanol–water partition coefficient (Wildman–Crippen LogP) is 4.31. The van der Waals surface area contributed by atoms with Crippen LogP contribution in [0.5, 0.6) is 5.75 Å². The first-order chi connectivity index (χ1) is 13.5. The molecule has 1 fully saturated rings. The van der Waals surface area contributed by atoms with E-state index in [4.69, 9.17) is 4.74 Å². The average Bonchev–Trinajstić information content (AvgIpc) is 2.73. The topological polar surface area (TPSA) is 59.5 Å². The van der Waals surface area contributed by atoms with Gasteiger partial charge >= 0.3 is 0 Å². The highest BCUT2D eigenvalue weighted by Crippen LogP contribution is 2.38. The van der Waals surface area contributed by atoms with Crippen LogP contribution in [0.4, 0.5) is 5.69 Å². The molecule has 5 nitrogen and oxygen atoms in total. The Kier molecular flexibility index (Phi) is 4.98. The van der Waals surface area contributed by atoms with Crippen molar-refractivity contribution < 1.29 is 13.2 Å². The first kappa shape index (κ1) is 18.7. The second-order valence-corrected chi connectivity index (χ2v) is 9.28. The van der Waals surface area contributed by atoms with Gasteiger partial charge in [0.25, 0.3) is 0 Å². The fourth-order valence-electron chi connectivity index (χ4n) is 3.91. The van der Waals surface area contributed by atoms with E-state index in [2.05, 4.69) is 16.8 Å². The highest BCUT2D eigenvalue weighted by Gasteiger charge is 2.28. The van der Waals surface area contributed by atoms with E-state index in [1.165, 1.54) is 6.20 Å². The van der Waals surface area contributed by atoms with Crippen LogP contribution in [0.15, 0.2) is 64.5 Å². The van der Waals surface area contributed by atoms with Gasteiger partial charge in [-0.2, -0.15) is 0 Å². The zero-order valence-electron chi connectivity index (χ0n) is 16.1. The van der Waals surface area contributed by atoms with Crippen LogP contribution in [0.1, 0.15) is 19.8 Å². The van der Waals surface area contributed by atoms with Gasteiger partial charge in [0.15, 0.2) is 0 Å². The van der Waals surface area contributed by atoms with Gasteiger partial charge in [-0.1, -0.05) is 25.1 Å². The lowest BCUT2D eigenvalue weighted by atomic mass is 9.99. The first-order valence-electron chi connectivity index (χ1n) is 9.52. The van der Waals surface area contributed by atoms with E-state index in [1.54, 1.807) is 31.4 Å². The van der Waals surface area contributed by atoms with Crippen molar-refractivity contribution in [3.05, 3.63) is 54.7 Å². The molecule has 0 spiro atoms. The molecule has 1 aromatic heterocycles. The number of methoxy groups -OCH3 is 1. The van der Waals surface area contributed by atoms with Crippen LogP contribution in [0.3, 0.4) is 0 Å². The predicted molar refractivity (Wildman–Crippen MR) is 111 cm³/mol. The summed E-state index contributed by atoms with van der Waals surface area (Å²) in [5.74, 6) is 1.20. The van der Waals surface area contributed by atoms with Crippen molar-refractivity contribution in [1.29, 1.82) is 0 Å². The number of nitrogens with zero attached hydrogens (tertiary/aromatic N) is 2. The van der Waals surface area contributed by atoms with Crippen LogP contribution in [0.25, 0.3) is 10.9 Å². The molecule has 0 radical (unpaired) electrons. The van der Waals surface area contributed by atoms with E-state index in [0.717, 1.165) is 42.5 Å². The number of sulfone groups is 1. The standard InChI is InChI=1S/C22H24N2O3S/c1-16-7-6-12-24(15-16)22-19-13-17(27-2)10-11-20(19)23-14-21(22)28(25,26)18-8-4-3-5-9-18/h3-5,8-11,13-14,16H,6-7,12,15H2,1-2H3. The van der Waals surface area contributed by atoms with Gasteiger partial charge in [0.05, 0.1) is 23.2 Å². The number of piperidine rings is 1. The Balaban J connectivity index is 1.99. The molecule has 6 heteroatoms. The summed E-state index contributed by atoms with van der Waals surface area (Å²) in [5, 5.41) is 0.811. The van der Waals surface area contributed by atoms with Crippen LogP contribution in [0.2, 0.25) is 0 Å². The van der Waals surface area contributed by atoms with Crippen LogP contribution >= 0.6 is 0 Å². The smallest absolute Gasteiger partial charge is 0.210 e. The summed E-state index contributed by atoms with van der Waals surface area (Å²) in [6.07, 6.45) is 3.70. The van der Waals surface area contributed by atoms with Crippen LogP contribution in [-0.4, -0.2) is 33.6 Å². The monoisotopic (exact) mass is 396 g/mol. The molecule has 146 valence electrons. The maximum atomic E-state index is 13.5. The summed E-state index contributed by atoms with van der Waals surface area (Å²) in [7, 11) is -2.08. The molecule has 2 heterocycles. The van der Waals surface area contributed by atoms with Gasteiger partial charge in [0, 0.05) is 24.7 Å². The largest absolute Gasteiger partial charge is 0.497 e. The summed E-state index contributed by atoms with van der Waals surface area (Å²) in [6, 6.07) is 14.2. The third-order valence-electron chi connectivity index (χ3n) is 5.33. The van der Waals surface area contributed by atoms with Gasteiger partial charge in [-0.3, -0.25) is 4.98 Å². The van der Waals surface area contributed by atoms with Crippen molar-refractivity contribution in [2.24, 2.45) is 5.92 Å². The SMILES string of the molecule is COc1ccc2ncc(S(=O)(=O)c3ccccc3)c(N3CCCC(C)C3)c2c1. The summed E-state index contributed by atoms with van der Waals surface area (Å²) in [4.78, 5) is 7.20. The third-order valence-corrected chi connectivity index (χ3v) is 7.10. The third kappa shape index (κ3) is 3.33. The molecular formula is C22H24N2O3S. The summed E-state index contributed by atoms with van der Waals surface area (Å²) in [6.45, 7) is 3.87. The zero-order chi connectivity index (χ0) is 19.7. The quantitative estimate of drug-likeness (QED) is 0.658. The van der Waals surface area contributed by atoms with E-state index >= 15 is 0 Å². The molecule has 0 N–H and O–H groups in total. The average molecular weight is 397 g/mol. The van der Waals surface area contributed by atoms with Gasteiger partial charge < -0.3 is 9.64 Å². The molecule has 0 saturated carbocycles. The zero-order valence-corrected chi connectivity index (χ0v) is 16.9. The second kappa shape index (κ2) is 7.43. The molecule has 3 aromatic rings. The van der Waals surface area contributed by atoms with Gasteiger partial charge in [-0.05, 0) is 49.1 Å². The lowest BCUT2D eigenvalue weighted by Gasteiger charge is -2.34. The maximum absolute atomic E-state index is 13.5. The minimum atomic E-state index is -3.69. The van der Waals surface area contributed by atoms with Crippen molar-refractivity contribution >= 4 is 26.4 Å². The summed E-state index contributed by atoms with van der Waals surface area (Å²) >= 11 is 0. The van der Waals surface area contributed by atoms with E-state index in [1.807, 2.05) is 24.3 Å². The van der Waals surface area contributed by atoms with Crippen molar-refractivity contribution in [3.63, 3.8) is 0 Å². The Morgan fingerprint density at radius 2 is 1.93 bits per heavy atom. The Morgan fingerprint density at radius 1 is 1.14 bits per heavy atom. The number of hydrogen-bond donors (Lipinski definition) is 0. The molecule has 28 heavy (non-hydrogen) atoms. The normalized spacial score (nSPS) is 17.6. The minimum Gasteiger partial charge on any atom is -0.497 e. The Morgan fingerprint density at radius 3 is 2.64 bits per heavy atom. The number of hydrogen-bond acceptors (Lipinski definition) is 5. The van der Waals surface area contributed by atoms with Crippen LogP contribution in [0, 0.1) is 5.92 Å². The van der Waals surface area contributed by atoms with Gasteiger partial charge in [-0.25, -0.2) is 8.42 Å². The molecule has 0 bridgehead atoms. The highest BCUT2D eigenvalue weighted by molar-refractivity contribution is 7.91. The van der Waals surface area contributed by atoms with Gasteiger partial charge in [0.2, 0.25) is 9.84 Å².